The molecular weight excluding hydrogens is 198 g/mol. The number of hydrogen-bond acceptors (Lipinski definition) is 3. The summed E-state index contributed by atoms with van der Waals surface area (Å²) >= 11 is 0. The Morgan fingerprint density at radius 2 is 2.13 bits per heavy atom. The van der Waals surface area contributed by atoms with Crippen molar-refractivity contribution in [1.29, 1.82) is 0 Å². The van der Waals surface area contributed by atoms with Crippen LogP contribution in [0.15, 0.2) is 10.9 Å². The van der Waals surface area contributed by atoms with E-state index in [4.69, 9.17) is 5.11 Å². The second kappa shape index (κ2) is 3.42. The fourth-order valence-electron chi connectivity index (χ4n) is 1.98. The topological polar surface area (TPSA) is 79.5 Å². The molecule has 0 amide bonds. The molecule has 5 nitrogen and oxygen atoms in total. The van der Waals surface area contributed by atoms with Gasteiger partial charge in [0.2, 0.25) is 0 Å². The minimum atomic E-state index is -1.18. The van der Waals surface area contributed by atoms with Crippen LogP contribution in [0.3, 0.4) is 0 Å². The molecule has 0 radical (unpaired) electrons. The van der Waals surface area contributed by atoms with Crippen LogP contribution in [0.25, 0.3) is 0 Å². The zero-order chi connectivity index (χ0) is 11.0. The van der Waals surface area contributed by atoms with Gasteiger partial charge in [-0.2, -0.15) is 0 Å². The van der Waals surface area contributed by atoms with Crippen molar-refractivity contribution in [3.8, 4) is 5.75 Å². The third-order valence-electron chi connectivity index (χ3n) is 2.66. The fourth-order valence-corrected chi connectivity index (χ4v) is 1.98. The number of aromatic nitrogens is 1. The van der Waals surface area contributed by atoms with E-state index < -0.39 is 11.7 Å². The first kappa shape index (κ1) is 9.76. The summed E-state index contributed by atoms with van der Waals surface area (Å²) in [6.07, 6.45) is 2.26. The second-order valence-electron chi connectivity index (χ2n) is 3.60. The van der Waals surface area contributed by atoms with E-state index in [2.05, 4.69) is 0 Å². The quantitative estimate of drug-likeness (QED) is 0.709. The van der Waals surface area contributed by atoms with Crippen molar-refractivity contribution in [3.05, 3.63) is 27.7 Å². The zero-order valence-electron chi connectivity index (χ0n) is 8.06. The number of aromatic carboxylic acids is 1. The normalized spacial score (nSPS) is 14.7. The van der Waals surface area contributed by atoms with Crippen LogP contribution in [0.1, 0.15) is 28.9 Å². The van der Waals surface area contributed by atoms with E-state index in [1.165, 1.54) is 4.57 Å². The van der Waals surface area contributed by atoms with Crippen molar-refractivity contribution in [3.63, 3.8) is 0 Å². The van der Waals surface area contributed by atoms with Gasteiger partial charge in [0.05, 0.1) is 0 Å². The van der Waals surface area contributed by atoms with Gasteiger partial charge in [0.25, 0.3) is 5.56 Å². The monoisotopic (exact) mass is 209 g/mol. The highest BCUT2D eigenvalue weighted by molar-refractivity contribution is 5.92. The molecule has 15 heavy (non-hydrogen) atoms. The van der Waals surface area contributed by atoms with Crippen LogP contribution in [0.4, 0.5) is 0 Å². The number of carbonyl (C=O) groups is 1. The molecule has 0 unspecified atom stereocenters. The van der Waals surface area contributed by atoms with Crippen molar-refractivity contribution in [1.82, 2.24) is 4.57 Å². The van der Waals surface area contributed by atoms with Crippen LogP contribution >= 0.6 is 0 Å². The Labute approximate surface area is 85.6 Å². The van der Waals surface area contributed by atoms with Gasteiger partial charge >= 0.3 is 5.97 Å². The molecule has 2 rings (SSSR count). The van der Waals surface area contributed by atoms with Crippen molar-refractivity contribution < 1.29 is 15.0 Å². The Balaban J connectivity index is 2.74. The van der Waals surface area contributed by atoms with E-state index in [-0.39, 0.29) is 11.1 Å². The minimum absolute atomic E-state index is 0.130. The van der Waals surface area contributed by atoms with Gasteiger partial charge in [-0.3, -0.25) is 4.79 Å². The summed E-state index contributed by atoms with van der Waals surface area (Å²) in [7, 11) is 0. The highest BCUT2D eigenvalue weighted by Gasteiger charge is 2.22. The van der Waals surface area contributed by atoms with Crippen LogP contribution < -0.4 is 5.56 Å². The van der Waals surface area contributed by atoms with Crippen LogP contribution in [0, 0.1) is 0 Å². The van der Waals surface area contributed by atoms with Crippen LogP contribution in [0.5, 0.6) is 5.75 Å². The number of pyridine rings is 1. The van der Waals surface area contributed by atoms with E-state index in [9.17, 15) is 14.7 Å². The molecule has 1 aromatic heterocycles. The van der Waals surface area contributed by atoms with Crippen molar-refractivity contribution in [2.24, 2.45) is 0 Å². The Morgan fingerprint density at radius 1 is 1.40 bits per heavy atom. The Kier molecular flexibility index (Phi) is 2.22. The maximum atomic E-state index is 11.5. The number of hydrogen-bond donors (Lipinski definition) is 2. The lowest BCUT2D eigenvalue weighted by molar-refractivity contribution is 0.0690. The van der Waals surface area contributed by atoms with Gasteiger partial charge in [0, 0.05) is 18.3 Å². The maximum Gasteiger partial charge on any atom is 0.341 e. The second-order valence-corrected chi connectivity index (χ2v) is 3.60. The predicted octanol–water partition coefficient (Wildman–Crippen LogP) is 0.588. The first-order chi connectivity index (χ1) is 7.11. The zero-order valence-corrected chi connectivity index (χ0v) is 8.06. The molecule has 80 valence electrons. The summed E-state index contributed by atoms with van der Waals surface area (Å²) in [5.41, 5.74) is -0.0137. The molecule has 0 bridgehead atoms. The summed E-state index contributed by atoms with van der Waals surface area (Å²) in [6.45, 7) is 0.536. The molecule has 0 saturated carbocycles. The van der Waals surface area contributed by atoms with Gasteiger partial charge in [-0.1, -0.05) is 0 Å². The molecule has 5 heteroatoms. The molecule has 1 aliphatic rings. The molecular formula is C10H11NO4. The first-order valence-corrected chi connectivity index (χ1v) is 4.80. The number of nitrogens with zero attached hydrogens (tertiary/aromatic N) is 1. The number of aromatic hydroxyl groups is 1. The van der Waals surface area contributed by atoms with E-state index in [1.54, 1.807) is 0 Å². The van der Waals surface area contributed by atoms with Crippen molar-refractivity contribution >= 4 is 5.97 Å². The lowest BCUT2D eigenvalue weighted by Crippen LogP contribution is -2.28. The Hall–Kier alpha value is -1.78. The molecule has 0 aliphatic carbocycles. The average molecular weight is 209 g/mol. The largest absolute Gasteiger partial charge is 0.507 e. The van der Waals surface area contributed by atoms with Crippen LogP contribution in [-0.4, -0.2) is 20.7 Å². The summed E-state index contributed by atoms with van der Waals surface area (Å²) in [5, 5.41) is 18.4. The molecule has 2 heterocycles. The van der Waals surface area contributed by atoms with Gasteiger partial charge in [-0.15, -0.1) is 0 Å². The number of carboxylic acid groups (broad SMARTS) is 1. The lowest BCUT2D eigenvalue weighted by atomic mass is 10.0. The standard InChI is InChI=1S/C10H11NO4/c12-7-5-8(13)11-4-2-1-3-6(11)9(7)10(14)15/h5,12H,1-4H2,(H,14,15). The summed E-state index contributed by atoms with van der Waals surface area (Å²) in [4.78, 5) is 22.4. The summed E-state index contributed by atoms with van der Waals surface area (Å²) in [6, 6.07) is 0.971. The summed E-state index contributed by atoms with van der Waals surface area (Å²) < 4.78 is 1.44. The predicted molar refractivity (Wildman–Crippen MR) is 52.3 cm³/mol. The number of rotatable bonds is 1. The Morgan fingerprint density at radius 3 is 2.80 bits per heavy atom. The summed E-state index contributed by atoms with van der Waals surface area (Å²) in [5.74, 6) is -1.61. The molecule has 0 atom stereocenters. The molecule has 0 fully saturated rings. The van der Waals surface area contributed by atoms with E-state index >= 15 is 0 Å². The third-order valence-corrected chi connectivity index (χ3v) is 2.66. The Bertz CT molecular complexity index is 475. The van der Waals surface area contributed by atoms with Crippen molar-refractivity contribution in [2.75, 3.05) is 0 Å². The number of fused-ring (bicyclic) bond motifs is 1. The van der Waals surface area contributed by atoms with E-state index in [0.717, 1.165) is 18.9 Å². The SMILES string of the molecule is O=C(O)c1c(O)cc(=O)n2c1CCCC2. The molecule has 1 aromatic rings. The van der Waals surface area contributed by atoms with E-state index in [1.807, 2.05) is 0 Å². The maximum absolute atomic E-state index is 11.5. The van der Waals surface area contributed by atoms with E-state index in [0.29, 0.717) is 18.7 Å². The lowest BCUT2D eigenvalue weighted by Gasteiger charge is -2.20. The number of carboxylic acids is 1. The highest BCUT2D eigenvalue weighted by atomic mass is 16.4. The molecule has 0 aromatic carbocycles. The third kappa shape index (κ3) is 1.49. The van der Waals surface area contributed by atoms with Gasteiger partial charge in [-0.05, 0) is 19.3 Å². The van der Waals surface area contributed by atoms with Gasteiger partial charge in [0.1, 0.15) is 11.3 Å². The average Bonchev–Trinajstić information content (AvgIpc) is 2.17. The molecule has 0 spiro atoms. The fraction of sp³-hybridized carbons (Fsp3) is 0.400. The first-order valence-electron chi connectivity index (χ1n) is 4.80. The molecule has 0 saturated heterocycles. The molecule has 1 aliphatic heterocycles. The van der Waals surface area contributed by atoms with Crippen molar-refractivity contribution in [2.45, 2.75) is 25.8 Å². The highest BCUT2D eigenvalue weighted by Crippen LogP contribution is 2.23. The van der Waals surface area contributed by atoms with Crippen LogP contribution in [-0.2, 0) is 13.0 Å². The van der Waals surface area contributed by atoms with Gasteiger partial charge < -0.3 is 14.8 Å². The molecule has 2 N–H and O–H groups in total. The van der Waals surface area contributed by atoms with Gasteiger partial charge in [0.15, 0.2) is 0 Å². The minimum Gasteiger partial charge on any atom is -0.507 e. The smallest absolute Gasteiger partial charge is 0.341 e. The van der Waals surface area contributed by atoms with Gasteiger partial charge in [-0.25, -0.2) is 4.79 Å². The van der Waals surface area contributed by atoms with Crippen LogP contribution in [0.2, 0.25) is 0 Å².